The lowest BCUT2D eigenvalue weighted by Crippen LogP contribution is -2.48. The van der Waals surface area contributed by atoms with Crippen LogP contribution in [0.3, 0.4) is 0 Å². The summed E-state index contributed by atoms with van der Waals surface area (Å²) in [6.07, 6.45) is 5.89. The van der Waals surface area contributed by atoms with Crippen LogP contribution in [0.25, 0.3) is 0 Å². The Kier molecular flexibility index (Phi) is 6.89. The molecule has 1 aromatic heterocycles. The molecule has 2 aliphatic rings. The fraction of sp³-hybridized carbons (Fsp3) is 0.480. The number of methoxy groups -OCH3 is 1. The fourth-order valence-corrected chi connectivity index (χ4v) is 5.38. The first-order valence-corrected chi connectivity index (χ1v) is 12.3. The zero-order valence-corrected chi connectivity index (χ0v) is 20.0. The lowest BCUT2D eigenvalue weighted by atomic mass is 9.95. The molecule has 2 fully saturated rings. The maximum atomic E-state index is 11.0. The van der Waals surface area contributed by atoms with Crippen molar-refractivity contribution < 1.29 is 9.66 Å². The summed E-state index contributed by atoms with van der Waals surface area (Å²) in [6.45, 7) is 3.21. The highest BCUT2D eigenvalue weighted by molar-refractivity contribution is 5.51. The largest absolute Gasteiger partial charge is 0.496 e. The standard InChI is InChI=1S/C25H31N7O3/c1-35-23-10-6-5-9-22(23)24(25-26-27-28-31(25)20-7-3-2-4-8-20)30-17-15-29(16-18-30)19-11-13-21(14-12-19)32(33)34/h5-6,9-14,20,24H,2-4,7-8,15-18H2,1H3/t24-/m0/s1. The number of aromatic nitrogens is 4. The van der Waals surface area contributed by atoms with E-state index in [0.29, 0.717) is 6.04 Å². The third-order valence-electron chi connectivity index (χ3n) is 7.22. The van der Waals surface area contributed by atoms with E-state index in [4.69, 9.17) is 4.74 Å². The number of hydrogen-bond donors (Lipinski definition) is 0. The first kappa shape index (κ1) is 23.2. The molecule has 0 radical (unpaired) electrons. The molecule has 1 atom stereocenters. The molecule has 2 heterocycles. The zero-order chi connectivity index (χ0) is 24.2. The Morgan fingerprint density at radius 2 is 1.71 bits per heavy atom. The van der Waals surface area contributed by atoms with Crippen LogP contribution in [0.1, 0.15) is 55.6 Å². The monoisotopic (exact) mass is 477 g/mol. The number of non-ortho nitro benzene ring substituents is 1. The van der Waals surface area contributed by atoms with Crippen molar-refractivity contribution in [1.29, 1.82) is 0 Å². The van der Waals surface area contributed by atoms with Gasteiger partial charge in [0.1, 0.15) is 11.8 Å². The Balaban J connectivity index is 1.42. The number of para-hydroxylation sites is 1. The normalized spacial score (nSPS) is 18.4. The molecule has 1 aliphatic heterocycles. The first-order valence-electron chi connectivity index (χ1n) is 12.3. The van der Waals surface area contributed by atoms with E-state index >= 15 is 0 Å². The van der Waals surface area contributed by atoms with Gasteiger partial charge in [-0.3, -0.25) is 15.0 Å². The summed E-state index contributed by atoms with van der Waals surface area (Å²) in [5, 5.41) is 24.1. The lowest BCUT2D eigenvalue weighted by Gasteiger charge is -2.40. The molecule has 10 heteroatoms. The maximum Gasteiger partial charge on any atom is 0.269 e. The number of piperazine rings is 1. The van der Waals surface area contributed by atoms with Crippen LogP contribution < -0.4 is 9.64 Å². The average Bonchev–Trinajstić information content (AvgIpc) is 3.39. The quantitative estimate of drug-likeness (QED) is 0.372. The van der Waals surface area contributed by atoms with Crippen LogP contribution in [0.2, 0.25) is 0 Å². The number of hydrogen-bond acceptors (Lipinski definition) is 8. The van der Waals surface area contributed by atoms with Gasteiger partial charge >= 0.3 is 0 Å². The van der Waals surface area contributed by atoms with Crippen LogP contribution in [0.5, 0.6) is 5.75 Å². The Labute approximate surface area is 204 Å². The molecule has 2 aromatic carbocycles. The van der Waals surface area contributed by atoms with Crippen LogP contribution in [0.15, 0.2) is 48.5 Å². The second-order valence-corrected chi connectivity index (χ2v) is 9.21. The molecular formula is C25H31N7O3. The predicted molar refractivity (Wildman–Crippen MR) is 132 cm³/mol. The van der Waals surface area contributed by atoms with Crippen molar-refractivity contribution in [3.63, 3.8) is 0 Å². The van der Waals surface area contributed by atoms with Crippen molar-refractivity contribution in [3.05, 3.63) is 70.0 Å². The summed E-state index contributed by atoms with van der Waals surface area (Å²) in [5.74, 6) is 1.69. The van der Waals surface area contributed by atoms with E-state index < -0.39 is 0 Å². The van der Waals surface area contributed by atoms with Crippen LogP contribution in [-0.2, 0) is 0 Å². The third kappa shape index (κ3) is 4.84. The molecule has 1 saturated carbocycles. The predicted octanol–water partition coefficient (Wildman–Crippen LogP) is 4.01. The number of anilines is 1. The second kappa shape index (κ2) is 10.4. The van der Waals surface area contributed by atoms with Crippen molar-refractivity contribution in [3.8, 4) is 5.75 Å². The van der Waals surface area contributed by atoms with Gasteiger partial charge in [0.15, 0.2) is 5.82 Å². The van der Waals surface area contributed by atoms with Crippen molar-refractivity contribution in [2.45, 2.75) is 44.2 Å². The summed E-state index contributed by atoms with van der Waals surface area (Å²) >= 11 is 0. The van der Waals surface area contributed by atoms with E-state index in [1.165, 1.54) is 19.3 Å². The Morgan fingerprint density at radius 3 is 2.40 bits per heavy atom. The molecule has 184 valence electrons. The molecule has 1 saturated heterocycles. The molecule has 1 aliphatic carbocycles. The number of nitrogens with zero attached hydrogens (tertiary/aromatic N) is 7. The second-order valence-electron chi connectivity index (χ2n) is 9.21. The number of ether oxygens (including phenoxy) is 1. The lowest BCUT2D eigenvalue weighted by molar-refractivity contribution is -0.384. The number of rotatable bonds is 7. The van der Waals surface area contributed by atoms with Crippen molar-refractivity contribution in [2.75, 3.05) is 38.2 Å². The summed E-state index contributed by atoms with van der Waals surface area (Å²) in [7, 11) is 1.70. The van der Waals surface area contributed by atoms with Gasteiger partial charge in [-0.25, -0.2) is 4.68 Å². The van der Waals surface area contributed by atoms with Crippen molar-refractivity contribution >= 4 is 11.4 Å². The van der Waals surface area contributed by atoms with Gasteiger partial charge in [0, 0.05) is 49.6 Å². The van der Waals surface area contributed by atoms with Crippen LogP contribution in [0, 0.1) is 10.1 Å². The molecule has 3 aromatic rings. The van der Waals surface area contributed by atoms with E-state index in [1.54, 1.807) is 19.2 Å². The molecule has 10 nitrogen and oxygen atoms in total. The van der Waals surface area contributed by atoms with Gasteiger partial charge in [-0.05, 0) is 41.5 Å². The van der Waals surface area contributed by atoms with Gasteiger partial charge in [-0.1, -0.05) is 37.5 Å². The van der Waals surface area contributed by atoms with Crippen molar-refractivity contribution in [1.82, 2.24) is 25.1 Å². The van der Waals surface area contributed by atoms with Crippen LogP contribution in [-0.4, -0.2) is 63.3 Å². The molecule has 0 spiro atoms. The van der Waals surface area contributed by atoms with Gasteiger partial charge in [0.25, 0.3) is 5.69 Å². The van der Waals surface area contributed by atoms with Gasteiger partial charge < -0.3 is 9.64 Å². The SMILES string of the molecule is COc1ccccc1[C@@H](c1nnnn1C1CCCCC1)N1CCN(c2ccc([N+](=O)[O-])cc2)CC1. The van der Waals surface area contributed by atoms with Gasteiger partial charge in [-0.15, -0.1) is 5.10 Å². The molecule has 0 amide bonds. The summed E-state index contributed by atoms with van der Waals surface area (Å²) in [5.41, 5.74) is 2.17. The molecule has 0 bridgehead atoms. The van der Waals surface area contributed by atoms with E-state index in [9.17, 15) is 10.1 Å². The average molecular weight is 478 g/mol. The number of tetrazole rings is 1. The Hall–Kier alpha value is -3.53. The fourth-order valence-electron chi connectivity index (χ4n) is 5.38. The van der Waals surface area contributed by atoms with E-state index in [2.05, 4.69) is 36.1 Å². The van der Waals surface area contributed by atoms with E-state index in [1.807, 2.05) is 30.3 Å². The van der Waals surface area contributed by atoms with E-state index in [-0.39, 0.29) is 16.7 Å². The van der Waals surface area contributed by atoms with Crippen molar-refractivity contribution in [2.24, 2.45) is 0 Å². The number of nitro benzene ring substituents is 1. The van der Waals surface area contributed by atoms with Crippen LogP contribution in [0.4, 0.5) is 11.4 Å². The minimum atomic E-state index is -0.365. The summed E-state index contributed by atoms with van der Waals surface area (Å²) in [4.78, 5) is 15.3. The Bertz CT molecular complexity index is 1140. The highest BCUT2D eigenvalue weighted by atomic mass is 16.6. The molecule has 35 heavy (non-hydrogen) atoms. The summed E-state index contributed by atoms with van der Waals surface area (Å²) < 4.78 is 7.81. The third-order valence-corrected chi connectivity index (χ3v) is 7.22. The topological polar surface area (TPSA) is 102 Å². The number of benzene rings is 2. The summed E-state index contributed by atoms with van der Waals surface area (Å²) in [6, 6.07) is 15.1. The minimum absolute atomic E-state index is 0.109. The molecular weight excluding hydrogens is 446 g/mol. The first-order chi connectivity index (χ1) is 17.2. The molecule has 5 rings (SSSR count). The van der Waals surface area contributed by atoms with Gasteiger partial charge in [0.2, 0.25) is 0 Å². The zero-order valence-electron chi connectivity index (χ0n) is 20.0. The maximum absolute atomic E-state index is 11.0. The van der Waals surface area contributed by atoms with Gasteiger partial charge in [0.05, 0.1) is 18.1 Å². The number of nitro groups is 1. The Morgan fingerprint density at radius 1 is 1.00 bits per heavy atom. The molecule has 0 unspecified atom stereocenters. The van der Waals surface area contributed by atoms with Crippen LogP contribution >= 0.6 is 0 Å². The van der Waals surface area contributed by atoms with Gasteiger partial charge in [-0.2, -0.15) is 0 Å². The highest BCUT2D eigenvalue weighted by Gasteiger charge is 2.34. The minimum Gasteiger partial charge on any atom is -0.496 e. The molecule has 0 N–H and O–H groups in total. The highest BCUT2D eigenvalue weighted by Crippen LogP contribution is 2.37. The smallest absolute Gasteiger partial charge is 0.269 e. The van der Waals surface area contributed by atoms with E-state index in [0.717, 1.165) is 61.8 Å².